The van der Waals surface area contributed by atoms with Gasteiger partial charge in [0.25, 0.3) is 0 Å². The Balaban J connectivity index is 4.64. The molecular formula is C32H68O3P2Ti. The quantitative estimate of drug-likeness (QED) is 0.0432. The zero-order valence-corrected chi connectivity index (χ0v) is 29.8. The topological polar surface area (TPSA) is 35.5 Å². The van der Waals surface area contributed by atoms with E-state index in [4.69, 9.17) is 6.21 Å². The second-order valence-electron chi connectivity index (χ2n) is 11.4. The van der Waals surface area contributed by atoms with E-state index in [0.717, 1.165) is 24.6 Å². The van der Waals surface area contributed by atoms with Crippen LogP contribution >= 0.6 is 16.3 Å². The van der Waals surface area contributed by atoms with Crippen LogP contribution in [-0.2, 0) is 28.2 Å². The minimum absolute atomic E-state index is 0.579. The predicted molar refractivity (Wildman–Crippen MR) is 170 cm³/mol. The van der Waals surface area contributed by atoms with Gasteiger partial charge in [0, 0.05) is 0 Å². The zero-order valence-electron chi connectivity index (χ0n) is 26.4. The van der Waals surface area contributed by atoms with Crippen molar-refractivity contribution in [2.75, 3.05) is 24.6 Å². The van der Waals surface area contributed by atoms with Gasteiger partial charge in [0.15, 0.2) is 0 Å². The molecule has 0 aliphatic carbocycles. The van der Waals surface area contributed by atoms with Crippen molar-refractivity contribution in [1.29, 1.82) is 0 Å². The average Bonchev–Trinajstić information content (AvgIpc) is 2.91. The average molecular weight is 611 g/mol. The monoisotopic (exact) mass is 610 g/mol. The molecule has 0 saturated heterocycles. The van der Waals surface area contributed by atoms with E-state index in [1.165, 1.54) is 154 Å². The molecule has 0 amide bonds. The van der Waals surface area contributed by atoms with E-state index in [1.54, 1.807) is 0 Å². The SMILES string of the molecule is CCCCCCCCP(CCCCCCCC)[O][Ti](=[O])[O]P(CCCCCCCC)CCCCCCCC. The van der Waals surface area contributed by atoms with Crippen LogP contribution in [0.2, 0.25) is 0 Å². The van der Waals surface area contributed by atoms with E-state index in [0.29, 0.717) is 0 Å². The van der Waals surface area contributed by atoms with Crippen molar-refractivity contribution in [1.82, 2.24) is 0 Å². The molecule has 3 nitrogen and oxygen atoms in total. The molecule has 6 heteroatoms. The summed E-state index contributed by atoms with van der Waals surface area (Å²) in [5, 5.41) is 0. The third kappa shape index (κ3) is 28.8. The summed E-state index contributed by atoms with van der Waals surface area (Å²) in [6, 6.07) is 0. The first-order chi connectivity index (χ1) is 18.7. The van der Waals surface area contributed by atoms with Crippen LogP contribution < -0.4 is 0 Å². The number of hydrogen-bond donors (Lipinski definition) is 0. The van der Waals surface area contributed by atoms with Crippen LogP contribution in [0.5, 0.6) is 0 Å². The maximum atomic E-state index is 13.2. The van der Waals surface area contributed by atoms with Crippen LogP contribution in [0.4, 0.5) is 0 Å². The van der Waals surface area contributed by atoms with Gasteiger partial charge in [-0.1, -0.05) is 0 Å². The summed E-state index contributed by atoms with van der Waals surface area (Å²) in [7, 11) is -1.16. The molecule has 0 N–H and O–H groups in total. The molecule has 228 valence electrons. The van der Waals surface area contributed by atoms with E-state index >= 15 is 0 Å². The van der Waals surface area contributed by atoms with E-state index in [-0.39, 0.29) is 0 Å². The number of hydrogen-bond acceptors (Lipinski definition) is 3. The third-order valence-electron chi connectivity index (χ3n) is 7.45. The number of unbranched alkanes of at least 4 members (excludes halogenated alkanes) is 20. The predicted octanol–water partition coefficient (Wildman–Crippen LogP) is 13.0. The molecule has 0 unspecified atom stereocenters. The Bertz CT molecular complexity index is 410. The fourth-order valence-electron chi connectivity index (χ4n) is 4.91. The van der Waals surface area contributed by atoms with Crippen molar-refractivity contribution in [3.63, 3.8) is 0 Å². The standard InChI is InChI=1S/2C16H34OP.O.Ti/c2*1-3-5-7-9-11-13-15-18(17)16-14-12-10-8-6-4-2;;/h2*3-16H2,1-2H3;;/q2*-1;;+2. The second-order valence-corrected chi connectivity index (χ2v) is 17.9. The van der Waals surface area contributed by atoms with Gasteiger partial charge >= 0.3 is 251 Å². The van der Waals surface area contributed by atoms with Crippen LogP contribution in [0.15, 0.2) is 0 Å². The molecule has 0 saturated carbocycles. The van der Waals surface area contributed by atoms with Gasteiger partial charge in [-0.15, -0.1) is 0 Å². The van der Waals surface area contributed by atoms with Crippen LogP contribution in [-0.4, -0.2) is 24.6 Å². The molecule has 0 aromatic heterocycles. The Kier molecular flexibility index (Phi) is 33.9. The molecule has 0 aromatic rings. The van der Waals surface area contributed by atoms with Crippen molar-refractivity contribution < 1.29 is 28.2 Å². The van der Waals surface area contributed by atoms with Crippen LogP contribution in [0.3, 0.4) is 0 Å². The summed E-state index contributed by atoms with van der Waals surface area (Å²) in [6.45, 7) is 9.12. The maximum absolute atomic E-state index is 13.2. The van der Waals surface area contributed by atoms with E-state index in [9.17, 15) is 3.32 Å². The molecular weight excluding hydrogens is 542 g/mol. The molecule has 0 atom stereocenters. The fourth-order valence-corrected chi connectivity index (χ4v) is 12.7. The summed E-state index contributed by atoms with van der Waals surface area (Å²) >= 11 is -3.10. The molecule has 38 heavy (non-hydrogen) atoms. The Morgan fingerprint density at radius 2 is 0.579 bits per heavy atom. The van der Waals surface area contributed by atoms with Gasteiger partial charge in [-0.25, -0.2) is 0 Å². The van der Waals surface area contributed by atoms with Gasteiger partial charge in [-0.3, -0.25) is 0 Å². The van der Waals surface area contributed by atoms with Crippen LogP contribution in [0.25, 0.3) is 0 Å². The third-order valence-corrected chi connectivity index (χ3v) is 15.3. The van der Waals surface area contributed by atoms with Crippen LogP contribution in [0.1, 0.15) is 182 Å². The first-order valence-corrected chi connectivity index (χ1v) is 22.2. The van der Waals surface area contributed by atoms with Gasteiger partial charge in [-0.05, 0) is 0 Å². The Labute approximate surface area is 249 Å². The van der Waals surface area contributed by atoms with Crippen molar-refractivity contribution in [2.45, 2.75) is 182 Å². The van der Waals surface area contributed by atoms with Gasteiger partial charge in [0.2, 0.25) is 0 Å². The Morgan fingerprint density at radius 3 is 0.816 bits per heavy atom. The number of rotatable bonds is 32. The normalized spacial score (nSPS) is 11.7. The van der Waals surface area contributed by atoms with Gasteiger partial charge in [0.1, 0.15) is 0 Å². The molecule has 0 aliphatic rings. The summed E-state index contributed by atoms with van der Waals surface area (Å²) in [6.07, 6.45) is 36.1. The molecule has 0 heterocycles. The summed E-state index contributed by atoms with van der Waals surface area (Å²) in [4.78, 5) is 0. The van der Waals surface area contributed by atoms with E-state index < -0.39 is 34.9 Å². The Hall–Kier alpha value is 1.29. The minimum atomic E-state index is -3.10. The van der Waals surface area contributed by atoms with E-state index in [2.05, 4.69) is 27.7 Å². The van der Waals surface area contributed by atoms with Gasteiger partial charge in [0.05, 0.1) is 0 Å². The molecule has 0 fully saturated rings. The first-order valence-electron chi connectivity index (χ1n) is 17.1. The van der Waals surface area contributed by atoms with Gasteiger partial charge < -0.3 is 0 Å². The molecule has 0 spiro atoms. The summed E-state index contributed by atoms with van der Waals surface area (Å²) in [5.74, 6) is 0. The van der Waals surface area contributed by atoms with Crippen molar-refractivity contribution in [2.24, 2.45) is 0 Å². The molecule has 0 aromatic carbocycles. The van der Waals surface area contributed by atoms with Crippen molar-refractivity contribution >= 4 is 16.3 Å². The summed E-state index contributed by atoms with van der Waals surface area (Å²) in [5.41, 5.74) is 0. The first kappa shape index (κ1) is 39.3. The molecule has 0 aliphatic heterocycles. The molecule has 0 rings (SSSR count). The van der Waals surface area contributed by atoms with Crippen LogP contribution in [0, 0.1) is 0 Å². The molecule has 0 radical (unpaired) electrons. The fraction of sp³-hybridized carbons (Fsp3) is 1.00. The van der Waals surface area contributed by atoms with Crippen molar-refractivity contribution in [3.8, 4) is 0 Å². The Morgan fingerprint density at radius 1 is 0.368 bits per heavy atom. The second kappa shape index (κ2) is 32.8. The van der Waals surface area contributed by atoms with E-state index in [1.807, 2.05) is 0 Å². The van der Waals surface area contributed by atoms with Crippen molar-refractivity contribution in [3.05, 3.63) is 0 Å². The zero-order chi connectivity index (χ0) is 27.9. The van der Waals surface area contributed by atoms with Gasteiger partial charge in [-0.2, -0.15) is 0 Å². The molecule has 0 bridgehead atoms. The summed E-state index contributed by atoms with van der Waals surface area (Å²) < 4.78 is 25.8.